The molecule has 0 spiro atoms. The second-order valence-corrected chi connectivity index (χ2v) is 5.82. The van der Waals surface area contributed by atoms with Crippen LogP contribution in [0.2, 0.25) is 0 Å². The van der Waals surface area contributed by atoms with E-state index in [4.69, 9.17) is 4.42 Å². The number of furan rings is 1. The maximum absolute atomic E-state index is 5.89. The van der Waals surface area contributed by atoms with Crippen LogP contribution in [-0.4, -0.2) is 0 Å². The van der Waals surface area contributed by atoms with Crippen LogP contribution in [0.3, 0.4) is 0 Å². The Hall–Kier alpha value is -1.06. The van der Waals surface area contributed by atoms with Gasteiger partial charge in [-0.15, -0.1) is 0 Å². The second-order valence-electron chi connectivity index (χ2n) is 4.54. The van der Waals surface area contributed by atoms with Crippen LogP contribution in [0.1, 0.15) is 11.1 Å². The molecule has 1 aromatic heterocycles. The van der Waals surface area contributed by atoms with Crippen LogP contribution in [-0.2, 0) is 5.33 Å². The van der Waals surface area contributed by atoms with Gasteiger partial charge in [-0.05, 0) is 45.6 Å². The number of halogens is 2. The molecule has 0 N–H and O–H groups in total. The van der Waals surface area contributed by atoms with Gasteiger partial charge in [0, 0.05) is 16.3 Å². The normalized spacial score (nSPS) is 11.1. The summed E-state index contributed by atoms with van der Waals surface area (Å²) in [6, 6.07) is 14.7. The van der Waals surface area contributed by atoms with Crippen molar-refractivity contribution in [1.29, 1.82) is 0 Å². The van der Waals surface area contributed by atoms with Gasteiger partial charge in [-0.1, -0.05) is 52.3 Å². The van der Waals surface area contributed by atoms with Gasteiger partial charge in [0.05, 0.1) is 0 Å². The molecule has 0 saturated heterocycles. The molecular weight excluding hydrogens is 368 g/mol. The molecule has 3 aromatic rings. The second kappa shape index (κ2) is 5.14. The van der Waals surface area contributed by atoms with Crippen molar-refractivity contribution >= 4 is 42.8 Å². The lowest BCUT2D eigenvalue weighted by atomic mass is 10.0. The first-order chi connectivity index (χ1) is 9.20. The quantitative estimate of drug-likeness (QED) is 0.493. The minimum atomic E-state index is 0.795. The van der Waals surface area contributed by atoms with Crippen LogP contribution < -0.4 is 0 Å². The van der Waals surface area contributed by atoms with Crippen LogP contribution in [0, 0.1) is 6.92 Å². The first-order valence-corrected chi connectivity index (χ1v) is 7.95. The maximum Gasteiger partial charge on any atom is 0.178 e. The number of rotatable bonds is 2. The summed E-state index contributed by atoms with van der Waals surface area (Å²) in [5, 5.41) is 2.01. The monoisotopic (exact) mass is 378 g/mol. The number of hydrogen-bond acceptors (Lipinski definition) is 1. The summed E-state index contributed by atoms with van der Waals surface area (Å²) in [5.41, 5.74) is 5.67. The van der Waals surface area contributed by atoms with Gasteiger partial charge in [-0.3, -0.25) is 0 Å². The molecule has 19 heavy (non-hydrogen) atoms. The Morgan fingerprint density at radius 1 is 1.11 bits per heavy atom. The molecular formula is C16H12Br2O. The van der Waals surface area contributed by atoms with E-state index in [0.29, 0.717) is 0 Å². The van der Waals surface area contributed by atoms with Gasteiger partial charge in [-0.25, -0.2) is 0 Å². The third-order valence-corrected chi connectivity index (χ3v) is 4.41. The molecule has 3 rings (SSSR count). The Labute approximate surface area is 128 Å². The molecule has 0 aliphatic rings. The minimum absolute atomic E-state index is 0.795. The highest BCUT2D eigenvalue weighted by molar-refractivity contribution is 9.10. The fourth-order valence-electron chi connectivity index (χ4n) is 2.37. The molecule has 0 atom stereocenters. The predicted molar refractivity (Wildman–Crippen MR) is 86.7 cm³/mol. The van der Waals surface area contributed by atoms with Crippen LogP contribution in [0.25, 0.3) is 22.1 Å². The van der Waals surface area contributed by atoms with Gasteiger partial charge < -0.3 is 4.42 Å². The Bertz CT molecular complexity index is 729. The fourth-order valence-corrected chi connectivity index (χ4v) is 3.30. The Balaban J connectivity index is 2.36. The number of alkyl halides is 1. The van der Waals surface area contributed by atoms with Gasteiger partial charge in [0.15, 0.2) is 4.67 Å². The van der Waals surface area contributed by atoms with Crippen LogP contribution in [0.15, 0.2) is 51.6 Å². The first kappa shape index (κ1) is 12.9. The molecule has 0 aliphatic carbocycles. The van der Waals surface area contributed by atoms with E-state index in [2.05, 4.69) is 63.0 Å². The number of fused-ring (bicyclic) bond motifs is 1. The van der Waals surface area contributed by atoms with Crippen molar-refractivity contribution in [2.24, 2.45) is 0 Å². The Morgan fingerprint density at radius 2 is 1.84 bits per heavy atom. The number of benzene rings is 2. The van der Waals surface area contributed by atoms with Crippen molar-refractivity contribution in [3.63, 3.8) is 0 Å². The molecule has 1 nitrogen and oxygen atoms in total. The van der Waals surface area contributed by atoms with Crippen LogP contribution >= 0.6 is 31.9 Å². The summed E-state index contributed by atoms with van der Waals surface area (Å²) in [6.07, 6.45) is 0. The van der Waals surface area contributed by atoms with Crippen molar-refractivity contribution in [1.82, 2.24) is 0 Å². The highest BCUT2D eigenvalue weighted by atomic mass is 79.9. The highest BCUT2D eigenvalue weighted by Gasteiger charge is 2.16. The summed E-state index contributed by atoms with van der Waals surface area (Å²) in [7, 11) is 0. The number of hydrogen-bond donors (Lipinski definition) is 0. The average Bonchev–Trinajstić information content (AvgIpc) is 2.76. The zero-order valence-electron chi connectivity index (χ0n) is 10.4. The van der Waals surface area contributed by atoms with Crippen molar-refractivity contribution < 1.29 is 4.42 Å². The first-order valence-electron chi connectivity index (χ1n) is 6.03. The molecule has 0 amide bonds. The molecule has 0 radical (unpaired) electrons. The van der Waals surface area contributed by atoms with E-state index < -0.39 is 0 Å². The lowest BCUT2D eigenvalue weighted by Gasteiger charge is -2.02. The number of aryl methyl sites for hydroxylation is 1. The zero-order valence-corrected chi connectivity index (χ0v) is 13.6. The van der Waals surface area contributed by atoms with Gasteiger partial charge in [-0.2, -0.15) is 0 Å². The van der Waals surface area contributed by atoms with E-state index in [-0.39, 0.29) is 0 Å². The van der Waals surface area contributed by atoms with E-state index >= 15 is 0 Å². The van der Waals surface area contributed by atoms with Crippen molar-refractivity contribution in [3.05, 3.63) is 58.3 Å². The smallest absolute Gasteiger partial charge is 0.178 e. The molecule has 0 bridgehead atoms. The summed E-state index contributed by atoms with van der Waals surface area (Å²) in [4.78, 5) is 0. The molecule has 1 heterocycles. The Morgan fingerprint density at radius 3 is 2.53 bits per heavy atom. The zero-order chi connectivity index (χ0) is 13.4. The SMILES string of the molecule is Cc1cc(CBr)cc2c(-c3ccccc3)c(Br)oc12. The van der Waals surface area contributed by atoms with Crippen molar-refractivity contribution in [3.8, 4) is 11.1 Å². The van der Waals surface area contributed by atoms with Gasteiger partial charge in [0.25, 0.3) is 0 Å². The largest absolute Gasteiger partial charge is 0.448 e. The molecule has 0 fully saturated rings. The highest BCUT2D eigenvalue weighted by Crippen LogP contribution is 2.40. The summed E-state index contributed by atoms with van der Waals surface area (Å²) in [5.74, 6) is 0. The Kier molecular flexibility index (Phi) is 3.50. The van der Waals surface area contributed by atoms with E-state index in [1.54, 1.807) is 0 Å². The molecule has 0 unspecified atom stereocenters. The molecule has 0 saturated carbocycles. The van der Waals surface area contributed by atoms with E-state index in [9.17, 15) is 0 Å². The average molecular weight is 380 g/mol. The lowest BCUT2D eigenvalue weighted by Crippen LogP contribution is -1.82. The van der Waals surface area contributed by atoms with Crippen LogP contribution in [0.4, 0.5) is 0 Å². The third kappa shape index (κ3) is 2.26. The van der Waals surface area contributed by atoms with Crippen LogP contribution in [0.5, 0.6) is 0 Å². The molecule has 0 aliphatic heterocycles. The maximum atomic E-state index is 5.89. The summed E-state index contributed by atoms with van der Waals surface area (Å²) < 4.78 is 6.68. The summed E-state index contributed by atoms with van der Waals surface area (Å²) >= 11 is 7.07. The molecule has 96 valence electrons. The molecule has 2 aromatic carbocycles. The van der Waals surface area contributed by atoms with Gasteiger partial charge >= 0.3 is 0 Å². The predicted octanol–water partition coefficient (Wildman–Crippen LogP) is 6.07. The van der Waals surface area contributed by atoms with Gasteiger partial charge in [0.1, 0.15) is 5.58 Å². The van der Waals surface area contributed by atoms with Gasteiger partial charge in [0.2, 0.25) is 0 Å². The van der Waals surface area contributed by atoms with E-state index in [1.165, 1.54) is 11.1 Å². The van der Waals surface area contributed by atoms with E-state index in [1.807, 2.05) is 18.2 Å². The topological polar surface area (TPSA) is 13.1 Å². The summed E-state index contributed by atoms with van der Waals surface area (Å²) in [6.45, 7) is 2.08. The lowest BCUT2D eigenvalue weighted by molar-refractivity contribution is 0.586. The third-order valence-electron chi connectivity index (χ3n) is 3.21. The van der Waals surface area contributed by atoms with E-state index in [0.717, 1.165) is 32.1 Å². The molecule has 3 heteroatoms. The standard InChI is InChI=1S/C16H12Br2O/c1-10-7-11(9-17)8-13-14(16(18)19-15(10)13)12-5-3-2-4-6-12/h2-8H,9H2,1H3. The van der Waals surface area contributed by atoms with Crippen molar-refractivity contribution in [2.75, 3.05) is 0 Å². The fraction of sp³-hybridized carbons (Fsp3) is 0.125. The van der Waals surface area contributed by atoms with Crippen molar-refractivity contribution in [2.45, 2.75) is 12.3 Å². The minimum Gasteiger partial charge on any atom is -0.448 e.